The van der Waals surface area contributed by atoms with Gasteiger partial charge in [-0.05, 0) is 31.6 Å². The standard InChI is InChI=1S/C11H16O/c1-3-5-8-9-6-4-7-10(12)11(8,9)2/h3,5,8-9H,4,6-7H2,1-2H3/b5-3+/t8-,9?,11+/m0/s1. The Morgan fingerprint density at radius 2 is 2.33 bits per heavy atom. The molecule has 12 heavy (non-hydrogen) atoms. The highest BCUT2D eigenvalue weighted by atomic mass is 16.1. The average molecular weight is 164 g/mol. The van der Waals surface area contributed by atoms with Crippen LogP contribution < -0.4 is 0 Å². The molecule has 2 rings (SSSR count). The van der Waals surface area contributed by atoms with Crippen LogP contribution in [0, 0.1) is 17.3 Å². The largest absolute Gasteiger partial charge is 0.299 e. The fourth-order valence-electron chi connectivity index (χ4n) is 2.80. The number of ketones is 1. The lowest BCUT2D eigenvalue weighted by Gasteiger charge is -2.14. The number of Topliss-reactive ketones (excluding diaryl/α,β-unsaturated/α-hetero) is 1. The third kappa shape index (κ3) is 0.825. The summed E-state index contributed by atoms with van der Waals surface area (Å²) in [5.74, 6) is 1.74. The van der Waals surface area contributed by atoms with E-state index in [0.29, 0.717) is 17.6 Å². The van der Waals surface area contributed by atoms with E-state index in [9.17, 15) is 4.79 Å². The van der Waals surface area contributed by atoms with Gasteiger partial charge in [-0.1, -0.05) is 19.1 Å². The van der Waals surface area contributed by atoms with Crippen LogP contribution >= 0.6 is 0 Å². The van der Waals surface area contributed by atoms with E-state index in [1.165, 1.54) is 6.42 Å². The van der Waals surface area contributed by atoms with Crippen molar-refractivity contribution >= 4 is 5.78 Å². The monoisotopic (exact) mass is 164 g/mol. The van der Waals surface area contributed by atoms with Crippen LogP contribution in [-0.2, 0) is 4.79 Å². The van der Waals surface area contributed by atoms with E-state index < -0.39 is 0 Å². The molecule has 3 atom stereocenters. The Hall–Kier alpha value is -0.590. The van der Waals surface area contributed by atoms with Crippen molar-refractivity contribution in [2.75, 3.05) is 0 Å². The molecule has 2 fully saturated rings. The third-order valence-electron chi connectivity index (χ3n) is 3.71. The molecule has 0 bridgehead atoms. The van der Waals surface area contributed by atoms with Crippen molar-refractivity contribution < 1.29 is 4.79 Å². The first-order chi connectivity index (χ1) is 5.71. The summed E-state index contributed by atoms with van der Waals surface area (Å²) in [4.78, 5) is 11.6. The van der Waals surface area contributed by atoms with Gasteiger partial charge in [-0.2, -0.15) is 0 Å². The average Bonchev–Trinajstić information content (AvgIpc) is 2.61. The van der Waals surface area contributed by atoms with Gasteiger partial charge in [0.1, 0.15) is 5.78 Å². The van der Waals surface area contributed by atoms with Crippen LogP contribution in [0.15, 0.2) is 12.2 Å². The first-order valence-corrected chi connectivity index (χ1v) is 4.87. The van der Waals surface area contributed by atoms with Crippen LogP contribution in [0.3, 0.4) is 0 Å². The number of fused-ring (bicyclic) bond motifs is 1. The highest BCUT2D eigenvalue weighted by Gasteiger charge is 2.64. The SMILES string of the molecule is C/C=C/[C@H]1C2CCCC(=O)[C@@]21C. The van der Waals surface area contributed by atoms with Gasteiger partial charge in [0, 0.05) is 11.8 Å². The summed E-state index contributed by atoms with van der Waals surface area (Å²) in [5.41, 5.74) is 0.0464. The maximum Gasteiger partial charge on any atom is 0.139 e. The normalized spacial score (nSPS) is 46.3. The maximum atomic E-state index is 11.6. The van der Waals surface area contributed by atoms with Gasteiger partial charge in [-0.3, -0.25) is 4.79 Å². The zero-order chi connectivity index (χ0) is 8.77. The van der Waals surface area contributed by atoms with Crippen LogP contribution in [0.5, 0.6) is 0 Å². The van der Waals surface area contributed by atoms with Crippen molar-refractivity contribution in [3.63, 3.8) is 0 Å². The number of allylic oxidation sites excluding steroid dienone is 2. The molecule has 0 aromatic rings. The van der Waals surface area contributed by atoms with Gasteiger partial charge < -0.3 is 0 Å². The topological polar surface area (TPSA) is 17.1 Å². The van der Waals surface area contributed by atoms with Gasteiger partial charge >= 0.3 is 0 Å². The lowest BCUT2D eigenvalue weighted by atomic mass is 9.88. The molecule has 2 aliphatic rings. The second-order valence-electron chi connectivity index (χ2n) is 4.26. The second kappa shape index (κ2) is 2.45. The molecule has 0 spiro atoms. The smallest absolute Gasteiger partial charge is 0.139 e. The number of carbonyl (C=O) groups excluding carboxylic acids is 1. The number of hydrogen-bond acceptors (Lipinski definition) is 1. The Bertz CT molecular complexity index is 241. The Balaban J connectivity index is 2.19. The lowest BCUT2D eigenvalue weighted by Crippen LogP contribution is -2.19. The highest BCUT2D eigenvalue weighted by molar-refractivity contribution is 5.89. The molecular weight excluding hydrogens is 148 g/mol. The zero-order valence-corrected chi connectivity index (χ0v) is 7.84. The van der Waals surface area contributed by atoms with Crippen molar-refractivity contribution in [3.8, 4) is 0 Å². The summed E-state index contributed by atoms with van der Waals surface area (Å²) < 4.78 is 0. The van der Waals surface area contributed by atoms with Gasteiger partial charge in [-0.15, -0.1) is 0 Å². The van der Waals surface area contributed by atoms with Crippen molar-refractivity contribution in [3.05, 3.63) is 12.2 Å². The second-order valence-corrected chi connectivity index (χ2v) is 4.26. The molecule has 1 heteroatoms. The number of carbonyl (C=O) groups is 1. The van der Waals surface area contributed by atoms with E-state index >= 15 is 0 Å². The predicted molar refractivity (Wildman–Crippen MR) is 48.8 cm³/mol. The summed E-state index contributed by atoms with van der Waals surface area (Å²) in [6, 6.07) is 0. The van der Waals surface area contributed by atoms with Crippen LogP contribution in [-0.4, -0.2) is 5.78 Å². The zero-order valence-electron chi connectivity index (χ0n) is 7.84. The Kier molecular flexibility index (Phi) is 1.64. The minimum Gasteiger partial charge on any atom is -0.299 e. The quantitative estimate of drug-likeness (QED) is 0.544. The van der Waals surface area contributed by atoms with Crippen LogP contribution in [0.1, 0.15) is 33.1 Å². The van der Waals surface area contributed by atoms with Crippen LogP contribution in [0.2, 0.25) is 0 Å². The molecule has 0 saturated heterocycles. The number of hydrogen-bond donors (Lipinski definition) is 0. The van der Waals surface area contributed by atoms with E-state index in [4.69, 9.17) is 0 Å². The first-order valence-electron chi connectivity index (χ1n) is 4.87. The third-order valence-corrected chi connectivity index (χ3v) is 3.71. The van der Waals surface area contributed by atoms with Crippen molar-refractivity contribution in [2.24, 2.45) is 17.3 Å². The fourth-order valence-corrected chi connectivity index (χ4v) is 2.80. The molecule has 0 aliphatic heterocycles. The molecule has 0 aromatic heterocycles. The van der Waals surface area contributed by atoms with Crippen molar-refractivity contribution in [1.82, 2.24) is 0 Å². The summed E-state index contributed by atoms with van der Waals surface area (Å²) in [6.45, 7) is 4.18. The van der Waals surface area contributed by atoms with E-state index in [-0.39, 0.29) is 5.41 Å². The molecule has 0 heterocycles. The van der Waals surface area contributed by atoms with Crippen molar-refractivity contribution in [2.45, 2.75) is 33.1 Å². The van der Waals surface area contributed by atoms with E-state index in [2.05, 4.69) is 19.1 Å². The van der Waals surface area contributed by atoms with E-state index in [1.54, 1.807) is 0 Å². The minimum atomic E-state index is 0.0464. The molecule has 2 saturated carbocycles. The molecular formula is C11H16O. The summed E-state index contributed by atoms with van der Waals surface area (Å²) in [6.07, 6.45) is 7.50. The van der Waals surface area contributed by atoms with Crippen LogP contribution in [0.4, 0.5) is 0 Å². The predicted octanol–water partition coefficient (Wildman–Crippen LogP) is 2.57. The maximum absolute atomic E-state index is 11.6. The molecule has 66 valence electrons. The summed E-state index contributed by atoms with van der Waals surface area (Å²) >= 11 is 0. The molecule has 1 unspecified atom stereocenters. The Morgan fingerprint density at radius 3 is 2.92 bits per heavy atom. The Morgan fingerprint density at radius 1 is 1.58 bits per heavy atom. The van der Waals surface area contributed by atoms with Crippen LogP contribution in [0.25, 0.3) is 0 Å². The van der Waals surface area contributed by atoms with Crippen molar-refractivity contribution in [1.29, 1.82) is 0 Å². The first kappa shape index (κ1) is 8.03. The summed E-state index contributed by atoms with van der Waals surface area (Å²) in [7, 11) is 0. The molecule has 1 nitrogen and oxygen atoms in total. The summed E-state index contributed by atoms with van der Waals surface area (Å²) in [5, 5.41) is 0. The molecule has 2 aliphatic carbocycles. The highest BCUT2D eigenvalue weighted by Crippen LogP contribution is 2.64. The molecule has 0 radical (unpaired) electrons. The number of rotatable bonds is 1. The van der Waals surface area contributed by atoms with Gasteiger partial charge in [0.2, 0.25) is 0 Å². The van der Waals surface area contributed by atoms with E-state index in [1.807, 2.05) is 6.92 Å². The van der Waals surface area contributed by atoms with Gasteiger partial charge in [0.25, 0.3) is 0 Å². The Labute approximate surface area is 73.8 Å². The minimum absolute atomic E-state index is 0.0464. The van der Waals surface area contributed by atoms with Gasteiger partial charge in [0.15, 0.2) is 0 Å². The fraction of sp³-hybridized carbons (Fsp3) is 0.727. The van der Waals surface area contributed by atoms with Gasteiger partial charge in [0.05, 0.1) is 0 Å². The van der Waals surface area contributed by atoms with Gasteiger partial charge in [-0.25, -0.2) is 0 Å². The van der Waals surface area contributed by atoms with E-state index in [0.717, 1.165) is 12.8 Å². The molecule has 0 amide bonds. The molecule has 0 N–H and O–H groups in total. The lowest BCUT2D eigenvalue weighted by molar-refractivity contribution is -0.125. The molecule has 0 aromatic carbocycles.